The Balaban J connectivity index is 2.27. The first kappa shape index (κ1) is 18.9. The molecule has 6 nitrogen and oxygen atoms in total. The Kier molecular flexibility index (Phi) is 6.47. The molecule has 0 bridgehead atoms. The fourth-order valence-electron chi connectivity index (χ4n) is 2.48. The largest absolute Gasteiger partial charge is 0.396 e. The first-order valence-electron chi connectivity index (χ1n) is 8.51. The van der Waals surface area contributed by atoms with E-state index in [1.165, 1.54) is 5.56 Å². The molecule has 0 radical (unpaired) electrons. The molecule has 0 aliphatic rings. The number of anilines is 1. The maximum atomic E-state index is 12.9. The number of aryl methyl sites for hydroxylation is 1. The SMILES string of the molecule is Cc1ccc(CN(CCCO)C(=O)c2cc(C(C)C)nc(N)n2)cc1. The van der Waals surface area contributed by atoms with Crippen LogP contribution >= 0.6 is 0 Å². The normalized spacial score (nSPS) is 10.9. The van der Waals surface area contributed by atoms with Gasteiger partial charge in [-0.2, -0.15) is 0 Å². The van der Waals surface area contributed by atoms with Gasteiger partial charge in [0.15, 0.2) is 0 Å². The second-order valence-corrected chi connectivity index (χ2v) is 6.48. The van der Waals surface area contributed by atoms with Crippen LogP contribution in [0.1, 0.15) is 53.5 Å². The highest BCUT2D eigenvalue weighted by molar-refractivity contribution is 5.92. The number of hydrogen-bond donors (Lipinski definition) is 2. The molecule has 0 atom stereocenters. The zero-order valence-electron chi connectivity index (χ0n) is 15.1. The molecule has 3 N–H and O–H groups in total. The molecule has 0 aliphatic heterocycles. The van der Waals surface area contributed by atoms with E-state index in [1.807, 2.05) is 45.0 Å². The summed E-state index contributed by atoms with van der Waals surface area (Å²) in [5, 5.41) is 9.15. The number of nitrogens with zero attached hydrogens (tertiary/aromatic N) is 3. The summed E-state index contributed by atoms with van der Waals surface area (Å²) in [4.78, 5) is 22.9. The molecule has 1 heterocycles. The van der Waals surface area contributed by atoms with E-state index in [0.717, 1.165) is 11.3 Å². The Labute approximate surface area is 148 Å². The van der Waals surface area contributed by atoms with Crippen LogP contribution in [0.15, 0.2) is 30.3 Å². The van der Waals surface area contributed by atoms with Crippen molar-refractivity contribution in [1.29, 1.82) is 0 Å². The van der Waals surface area contributed by atoms with Crippen LogP contribution in [0.25, 0.3) is 0 Å². The third kappa shape index (κ3) is 5.26. The lowest BCUT2D eigenvalue weighted by Gasteiger charge is -2.23. The number of benzene rings is 1. The number of aliphatic hydroxyl groups is 1. The second kappa shape index (κ2) is 8.58. The van der Waals surface area contributed by atoms with Gasteiger partial charge in [-0.1, -0.05) is 43.7 Å². The Morgan fingerprint density at radius 1 is 1.24 bits per heavy atom. The zero-order valence-corrected chi connectivity index (χ0v) is 15.1. The zero-order chi connectivity index (χ0) is 18.4. The number of nitrogen functional groups attached to an aromatic ring is 1. The van der Waals surface area contributed by atoms with Gasteiger partial charge in [0.1, 0.15) is 5.69 Å². The number of carbonyl (C=O) groups excluding carboxylic acids is 1. The number of rotatable bonds is 7. The predicted octanol–water partition coefficient (Wildman–Crippen LogP) is 2.52. The van der Waals surface area contributed by atoms with E-state index in [0.29, 0.717) is 25.2 Å². The number of amides is 1. The summed E-state index contributed by atoms with van der Waals surface area (Å²) in [5.41, 5.74) is 9.01. The van der Waals surface area contributed by atoms with Crippen molar-refractivity contribution < 1.29 is 9.90 Å². The molecular formula is C19H26N4O2. The van der Waals surface area contributed by atoms with Gasteiger partial charge < -0.3 is 15.7 Å². The van der Waals surface area contributed by atoms with E-state index in [4.69, 9.17) is 10.8 Å². The van der Waals surface area contributed by atoms with Crippen molar-refractivity contribution in [3.8, 4) is 0 Å². The average molecular weight is 342 g/mol. The van der Waals surface area contributed by atoms with E-state index >= 15 is 0 Å². The molecule has 2 aromatic rings. The van der Waals surface area contributed by atoms with Gasteiger partial charge >= 0.3 is 0 Å². The molecule has 1 amide bonds. The molecule has 0 aliphatic carbocycles. The van der Waals surface area contributed by atoms with Gasteiger partial charge in [0.2, 0.25) is 5.95 Å². The second-order valence-electron chi connectivity index (χ2n) is 6.48. The molecule has 0 spiro atoms. The lowest BCUT2D eigenvalue weighted by atomic mass is 10.1. The van der Waals surface area contributed by atoms with E-state index in [1.54, 1.807) is 11.0 Å². The van der Waals surface area contributed by atoms with Gasteiger partial charge in [-0.05, 0) is 30.9 Å². The van der Waals surface area contributed by atoms with Crippen molar-refractivity contribution in [3.63, 3.8) is 0 Å². The summed E-state index contributed by atoms with van der Waals surface area (Å²) in [5.74, 6) is 0.0526. The van der Waals surface area contributed by atoms with E-state index in [2.05, 4.69) is 9.97 Å². The predicted molar refractivity (Wildman–Crippen MR) is 98.2 cm³/mol. The maximum absolute atomic E-state index is 12.9. The Morgan fingerprint density at radius 2 is 1.92 bits per heavy atom. The highest BCUT2D eigenvalue weighted by Crippen LogP contribution is 2.16. The molecule has 6 heteroatoms. The van der Waals surface area contributed by atoms with Crippen molar-refractivity contribution in [2.75, 3.05) is 18.9 Å². The van der Waals surface area contributed by atoms with Gasteiger partial charge in [-0.3, -0.25) is 4.79 Å². The maximum Gasteiger partial charge on any atom is 0.272 e. The Bertz CT molecular complexity index is 714. The molecule has 25 heavy (non-hydrogen) atoms. The fourth-order valence-corrected chi connectivity index (χ4v) is 2.48. The lowest BCUT2D eigenvalue weighted by molar-refractivity contribution is 0.0726. The van der Waals surface area contributed by atoms with Crippen molar-refractivity contribution in [2.24, 2.45) is 0 Å². The van der Waals surface area contributed by atoms with Gasteiger partial charge in [0.25, 0.3) is 5.91 Å². The summed E-state index contributed by atoms with van der Waals surface area (Å²) in [6.07, 6.45) is 0.509. The average Bonchev–Trinajstić information content (AvgIpc) is 2.59. The molecule has 2 rings (SSSR count). The molecule has 1 aromatic carbocycles. The van der Waals surface area contributed by atoms with E-state index < -0.39 is 0 Å². The van der Waals surface area contributed by atoms with Crippen molar-refractivity contribution in [1.82, 2.24) is 14.9 Å². The fraction of sp³-hybridized carbons (Fsp3) is 0.421. The van der Waals surface area contributed by atoms with Crippen LogP contribution in [0.5, 0.6) is 0 Å². The van der Waals surface area contributed by atoms with Gasteiger partial charge in [-0.25, -0.2) is 9.97 Å². The minimum Gasteiger partial charge on any atom is -0.396 e. The Hall–Kier alpha value is -2.47. The highest BCUT2D eigenvalue weighted by atomic mass is 16.3. The number of nitrogens with two attached hydrogens (primary N) is 1. The number of aliphatic hydroxyl groups excluding tert-OH is 1. The molecule has 0 fully saturated rings. The van der Waals surface area contributed by atoms with Crippen LogP contribution in [0, 0.1) is 6.92 Å². The number of carbonyl (C=O) groups is 1. The van der Waals surface area contributed by atoms with Crippen LogP contribution in [-0.4, -0.2) is 39.0 Å². The quantitative estimate of drug-likeness (QED) is 0.806. The van der Waals surface area contributed by atoms with Gasteiger partial charge in [0.05, 0.1) is 0 Å². The summed E-state index contributed by atoms with van der Waals surface area (Å²) < 4.78 is 0. The topological polar surface area (TPSA) is 92.3 Å². The van der Waals surface area contributed by atoms with Crippen molar-refractivity contribution in [3.05, 3.63) is 52.8 Å². The van der Waals surface area contributed by atoms with E-state index in [9.17, 15) is 4.79 Å². The minimum atomic E-state index is -0.204. The first-order valence-corrected chi connectivity index (χ1v) is 8.51. The molecule has 1 aromatic heterocycles. The smallest absolute Gasteiger partial charge is 0.272 e. The van der Waals surface area contributed by atoms with Crippen LogP contribution in [-0.2, 0) is 6.54 Å². The third-order valence-electron chi connectivity index (χ3n) is 3.94. The molecular weight excluding hydrogens is 316 g/mol. The summed E-state index contributed by atoms with van der Waals surface area (Å²) in [7, 11) is 0. The molecule has 0 saturated heterocycles. The molecule has 134 valence electrons. The third-order valence-corrected chi connectivity index (χ3v) is 3.94. The summed E-state index contributed by atoms with van der Waals surface area (Å²) >= 11 is 0. The van der Waals surface area contributed by atoms with Crippen molar-refractivity contribution >= 4 is 11.9 Å². The van der Waals surface area contributed by atoms with Gasteiger partial charge in [-0.15, -0.1) is 0 Å². The van der Waals surface area contributed by atoms with Crippen LogP contribution in [0.4, 0.5) is 5.95 Å². The monoisotopic (exact) mass is 342 g/mol. The minimum absolute atomic E-state index is 0.0286. The highest BCUT2D eigenvalue weighted by Gasteiger charge is 2.19. The molecule has 0 saturated carbocycles. The van der Waals surface area contributed by atoms with Crippen LogP contribution in [0.2, 0.25) is 0 Å². The van der Waals surface area contributed by atoms with Crippen LogP contribution < -0.4 is 5.73 Å². The summed E-state index contributed by atoms with van der Waals surface area (Å²) in [6, 6.07) is 9.74. The first-order chi connectivity index (χ1) is 11.9. The van der Waals surface area contributed by atoms with Crippen LogP contribution in [0.3, 0.4) is 0 Å². The Morgan fingerprint density at radius 3 is 2.52 bits per heavy atom. The van der Waals surface area contributed by atoms with Crippen molar-refractivity contribution in [2.45, 2.75) is 39.7 Å². The van der Waals surface area contributed by atoms with Gasteiger partial charge in [0, 0.05) is 25.4 Å². The standard InChI is InChI=1S/C19H26N4O2/c1-13(2)16-11-17(22-19(20)21-16)18(25)23(9-4-10-24)12-15-7-5-14(3)6-8-15/h5-8,11,13,24H,4,9-10,12H2,1-3H3,(H2,20,21,22). The lowest BCUT2D eigenvalue weighted by Crippen LogP contribution is -2.33. The number of hydrogen-bond acceptors (Lipinski definition) is 5. The molecule has 0 unspecified atom stereocenters. The number of aromatic nitrogens is 2. The van der Waals surface area contributed by atoms with E-state index in [-0.39, 0.29) is 24.4 Å². The summed E-state index contributed by atoms with van der Waals surface area (Å²) in [6.45, 7) is 6.94.